The van der Waals surface area contributed by atoms with E-state index in [1.807, 2.05) is 38.1 Å². The predicted molar refractivity (Wildman–Crippen MR) is 91.5 cm³/mol. The summed E-state index contributed by atoms with van der Waals surface area (Å²) < 4.78 is 0. The van der Waals surface area contributed by atoms with Gasteiger partial charge in [-0.25, -0.2) is 0 Å². The zero-order chi connectivity index (χ0) is 15.4. The molecule has 1 N–H and O–H groups in total. The Morgan fingerprint density at radius 1 is 1.00 bits per heavy atom. The third-order valence-corrected chi connectivity index (χ3v) is 3.69. The zero-order valence-electron chi connectivity index (χ0n) is 12.4. The van der Waals surface area contributed by atoms with Crippen LogP contribution >= 0.6 is 23.2 Å². The minimum absolute atomic E-state index is 0.0394. The van der Waals surface area contributed by atoms with Crippen LogP contribution in [-0.2, 0) is 6.54 Å². The molecule has 0 aromatic heterocycles. The molecule has 0 fully saturated rings. The van der Waals surface area contributed by atoms with E-state index in [9.17, 15) is 5.11 Å². The van der Waals surface area contributed by atoms with Crippen molar-refractivity contribution >= 4 is 34.0 Å². The molecule has 0 amide bonds. The molecule has 0 aliphatic carbocycles. The Labute approximate surface area is 136 Å². The van der Waals surface area contributed by atoms with Gasteiger partial charge in [-0.15, -0.1) is 23.2 Å². The molecule has 2 nitrogen and oxygen atoms in total. The number of phenolic OH excluding ortho intramolecular Hbond substituents is 1. The molecule has 0 unspecified atom stereocenters. The number of nitrogens with zero attached hydrogens (tertiary/aromatic N) is 1. The van der Waals surface area contributed by atoms with Gasteiger partial charge in [-0.3, -0.25) is 4.90 Å². The molecular weight excluding hydrogens is 305 g/mol. The van der Waals surface area contributed by atoms with Gasteiger partial charge in [-0.1, -0.05) is 30.3 Å². The van der Waals surface area contributed by atoms with Gasteiger partial charge >= 0.3 is 0 Å². The van der Waals surface area contributed by atoms with Crippen LogP contribution < -0.4 is 0 Å². The standard InChI is InChI=1S/C17H21Cl2NO/c1-12(18)9-20(10-13(2)19)11-16-15-6-4-3-5-14(15)7-8-17(16)21/h3-8,12-13,21H,9-11H2,1-2H3/t12-,13+. The van der Waals surface area contributed by atoms with E-state index in [2.05, 4.69) is 11.0 Å². The fraction of sp³-hybridized carbons (Fsp3) is 0.412. The Morgan fingerprint density at radius 2 is 1.62 bits per heavy atom. The van der Waals surface area contributed by atoms with Crippen LogP contribution in [0.3, 0.4) is 0 Å². The largest absolute Gasteiger partial charge is 0.508 e. The third kappa shape index (κ3) is 4.50. The van der Waals surface area contributed by atoms with Gasteiger partial charge < -0.3 is 5.11 Å². The van der Waals surface area contributed by atoms with Crippen molar-refractivity contribution in [2.45, 2.75) is 31.1 Å². The van der Waals surface area contributed by atoms with Crippen molar-refractivity contribution in [2.24, 2.45) is 0 Å². The lowest BCUT2D eigenvalue weighted by atomic mass is 10.0. The summed E-state index contributed by atoms with van der Waals surface area (Å²) in [6.45, 7) is 6.05. The Kier molecular flexibility index (Phi) is 5.74. The normalized spacial score (nSPS) is 14.5. The lowest BCUT2D eigenvalue weighted by Gasteiger charge is -2.25. The summed E-state index contributed by atoms with van der Waals surface area (Å²) in [7, 11) is 0. The first-order valence-electron chi connectivity index (χ1n) is 7.17. The van der Waals surface area contributed by atoms with E-state index >= 15 is 0 Å². The predicted octanol–water partition coefficient (Wildman–Crippen LogP) is 4.60. The molecule has 114 valence electrons. The lowest BCUT2D eigenvalue weighted by Crippen LogP contribution is -2.33. The van der Waals surface area contributed by atoms with E-state index in [1.54, 1.807) is 6.07 Å². The average molecular weight is 326 g/mol. The quantitative estimate of drug-likeness (QED) is 0.784. The second-order valence-electron chi connectivity index (χ2n) is 5.54. The van der Waals surface area contributed by atoms with Gasteiger partial charge in [0.25, 0.3) is 0 Å². The van der Waals surface area contributed by atoms with E-state index in [0.717, 1.165) is 29.4 Å². The number of aromatic hydroxyl groups is 1. The monoisotopic (exact) mass is 325 g/mol. The molecule has 0 bridgehead atoms. The molecular formula is C17H21Cl2NO. The summed E-state index contributed by atoms with van der Waals surface area (Å²) in [4.78, 5) is 2.19. The number of phenols is 1. The molecule has 0 aliphatic heterocycles. The summed E-state index contributed by atoms with van der Waals surface area (Å²) in [5.41, 5.74) is 0.933. The van der Waals surface area contributed by atoms with Crippen LogP contribution in [0, 0.1) is 0 Å². The number of rotatable bonds is 6. The average Bonchev–Trinajstić information content (AvgIpc) is 2.40. The maximum Gasteiger partial charge on any atom is 0.120 e. The van der Waals surface area contributed by atoms with E-state index in [1.165, 1.54) is 0 Å². The number of alkyl halides is 2. The molecule has 0 spiro atoms. The SMILES string of the molecule is C[C@H](Cl)CN(Cc1c(O)ccc2ccccc12)C[C@@H](C)Cl. The maximum absolute atomic E-state index is 10.2. The topological polar surface area (TPSA) is 23.5 Å². The number of hydrogen-bond donors (Lipinski definition) is 1. The number of halogens is 2. The van der Waals surface area contributed by atoms with E-state index in [0.29, 0.717) is 12.3 Å². The number of hydrogen-bond acceptors (Lipinski definition) is 2. The minimum Gasteiger partial charge on any atom is -0.508 e. The van der Waals surface area contributed by atoms with Gasteiger partial charge in [0.15, 0.2) is 0 Å². The highest BCUT2D eigenvalue weighted by Gasteiger charge is 2.15. The smallest absolute Gasteiger partial charge is 0.120 e. The third-order valence-electron chi connectivity index (χ3n) is 3.42. The molecule has 0 saturated carbocycles. The van der Waals surface area contributed by atoms with Gasteiger partial charge in [-0.2, -0.15) is 0 Å². The van der Waals surface area contributed by atoms with Crippen molar-refractivity contribution in [3.63, 3.8) is 0 Å². The first-order chi connectivity index (χ1) is 9.97. The van der Waals surface area contributed by atoms with Gasteiger partial charge in [0, 0.05) is 36.0 Å². The van der Waals surface area contributed by atoms with Crippen LogP contribution in [0.1, 0.15) is 19.4 Å². The van der Waals surface area contributed by atoms with Gasteiger partial charge in [0.2, 0.25) is 0 Å². The fourth-order valence-corrected chi connectivity index (χ4v) is 3.02. The lowest BCUT2D eigenvalue weighted by molar-refractivity contribution is 0.267. The Morgan fingerprint density at radius 3 is 2.24 bits per heavy atom. The van der Waals surface area contributed by atoms with Crippen LogP contribution in [-0.4, -0.2) is 33.9 Å². The van der Waals surface area contributed by atoms with Crippen LogP contribution in [0.25, 0.3) is 10.8 Å². The van der Waals surface area contributed by atoms with Gasteiger partial charge in [-0.05, 0) is 30.7 Å². The Bertz CT molecular complexity index is 588. The molecule has 0 heterocycles. The first-order valence-corrected chi connectivity index (χ1v) is 8.04. The first kappa shape index (κ1) is 16.4. The Hall–Kier alpha value is -0.960. The second kappa shape index (κ2) is 7.35. The molecule has 2 aromatic rings. The summed E-state index contributed by atoms with van der Waals surface area (Å²) in [6.07, 6.45) is 0. The van der Waals surface area contributed by atoms with E-state index in [-0.39, 0.29) is 10.8 Å². The van der Waals surface area contributed by atoms with E-state index < -0.39 is 0 Å². The number of benzene rings is 2. The molecule has 4 heteroatoms. The molecule has 0 radical (unpaired) electrons. The van der Waals surface area contributed by atoms with Crippen LogP contribution in [0.15, 0.2) is 36.4 Å². The van der Waals surface area contributed by atoms with Crippen molar-refractivity contribution in [3.8, 4) is 5.75 Å². The van der Waals surface area contributed by atoms with Crippen molar-refractivity contribution in [2.75, 3.05) is 13.1 Å². The van der Waals surface area contributed by atoms with Crippen LogP contribution in [0.4, 0.5) is 0 Å². The van der Waals surface area contributed by atoms with Crippen molar-refractivity contribution < 1.29 is 5.11 Å². The van der Waals surface area contributed by atoms with Crippen molar-refractivity contribution in [1.82, 2.24) is 4.90 Å². The Balaban J connectivity index is 2.33. The van der Waals surface area contributed by atoms with Crippen molar-refractivity contribution in [3.05, 3.63) is 42.0 Å². The van der Waals surface area contributed by atoms with Crippen molar-refractivity contribution in [1.29, 1.82) is 0 Å². The summed E-state index contributed by atoms with van der Waals surface area (Å²) in [5, 5.41) is 12.5. The molecule has 0 aliphatic rings. The second-order valence-corrected chi connectivity index (χ2v) is 7.03. The summed E-state index contributed by atoms with van der Waals surface area (Å²) in [5.74, 6) is 0.322. The summed E-state index contributed by atoms with van der Waals surface area (Å²) >= 11 is 12.3. The maximum atomic E-state index is 10.2. The molecule has 2 aromatic carbocycles. The zero-order valence-corrected chi connectivity index (χ0v) is 13.9. The van der Waals surface area contributed by atoms with Crippen LogP contribution in [0.2, 0.25) is 0 Å². The molecule has 21 heavy (non-hydrogen) atoms. The number of fused-ring (bicyclic) bond motifs is 1. The van der Waals surface area contributed by atoms with Crippen LogP contribution in [0.5, 0.6) is 5.75 Å². The minimum atomic E-state index is 0.0394. The molecule has 2 atom stereocenters. The van der Waals surface area contributed by atoms with Gasteiger partial charge in [0.05, 0.1) is 0 Å². The fourth-order valence-electron chi connectivity index (χ4n) is 2.63. The van der Waals surface area contributed by atoms with E-state index in [4.69, 9.17) is 23.2 Å². The molecule has 2 rings (SSSR count). The highest BCUT2D eigenvalue weighted by Crippen LogP contribution is 2.28. The highest BCUT2D eigenvalue weighted by molar-refractivity contribution is 6.21. The molecule has 0 saturated heterocycles. The highest BCUT2D eigenvalue weighted by atomic mass is 35.5. The summed E-state index contributed by atoms with van der Waals surface area (Å²) in [6, 6.07) is 11.8. The van der Waals surface area contributed by atoms with Gasteiger partial charge in [0.1, 0.15) is 5.75 Å².